The van der Waals surface area contributed by atoms with Gasteiger partial charge in [0, 0.05) is 12.8 Å². The van der Waals surface area contributed by atoms with Gasteiger partial charge in [0.25, 0.3) is 0 Å². The summed E-state index contributed by atoms with van der Waals surface area (Å²) in [6, 6.07) is 0.171. The van der Waals surface area contributed by atoms with Gasteiger partial charge in [-0.2, -0.15) is 5.10 Å². The smallest absolute Gasteiger partial charge is 0.238 e. The van der Waals surface area contributed by atoms with Crippen molar-refractivity contribution in [3.8, 4) is 0 Å². The van der Waals surface area contributed by atoms with Crippen molar-refractivity contribution < 1.29 is 4.79 Å². The second-order valence-corrected chi connectivity index (χ2v) is 2.30. The van der Waals surface area contributed by atoms with Crippen molar-refractivity contribution in [3.63, 3.8) is 0 Å². The molecule has 0 aromatic heterocycles. The summed E-state index contributed by atoms with van der Waals surface area (Å²) in [7, 11) is 0. The minimum absolute atomic E-state index is 0.140. The zero-order valence-corrected chi connectivity index (χ0v) is 6.37. The molecule has 1 amide bonds. The van der Waals surface area contributed by atoms with Gasteiger partial charge in [-0.25, -0.2) is 0 Å². The van der Waals surface area contributed by atoms with E-state index in [0.717, 1.165) is 0 Å². The molecule has 0 bridgehead atoms. The quantitative estimate of drug-likeness (QED) is 0.437. The van der Waals surface area contributed by atoms with Gasteiger partial charge in [0.1, 0.15) is 6.54 Å². The molecule has 2 N–H and O–H groups in total. The van der Waals surface area contributed by atoms with E-state index in [9.17, 15) is 4.79 Å². The Kier molecular flexibility index (Phi) is 3.46. The maximum atomic E-state index is 10.4. The summed E-state index contributed by atoms with van der Waals surface area (Å²) in [6.07, 6.45) is 0. The molecular formula is C6H13N3O. The Labute approximate surface area is 60.7 Å². The molecule has 0 aliphatic rings. The Morgan fingerprint density at radius 1 is 1.80 bits per heavy atom. The van der Waals surface area contributed by atoms with Gasteiger partial charge >= 0.3 is 0 Å². The van der Waals surface area contributed by atoms with Crippen LogP contribution < -0.4 is 5.73 Å². The number of nitrogens with two attached hydrogens (primary N) is 1. The first-order valence-corrected chi connectivity index (χ1v) is 3.09. The van der Waals surface area contributed by atoms with E-state index in [4.69, 9.17) is 5.73 Å². The van der Waals surface area contributed by atoms with Crippen molar-refractivity contribution in [2.45, 2.75) is 19.9 Å². The number of carbonyl (C=O) groups excluding carboxylic acids is 1. The second-order valence-electron chi connectivity index (χ2n) is 2.30. The van der Waals surface area contributed by atoms with Crippen LogP contribution in [0.5, 0.6) is 0 Å². The predicted octanol–water partition coefficient (Wildman–Crippen LogP) is -0.202. The monoisotopic (exact) mass is 143 g/mol. The Morgan fingerprint density at radius 3 is 2.40 bits per heavy atom. The van der Waals surface area contributed by atoms with E-state index in [0.29, 0.717) is 0 Å². The molecule has 0 heterocycles. The molecular weight excluding hydrogens is 130 g/mol. The summed E-state index contributed by atoms with van der Waals surface area (Å²) in [6.45, 7) is 7.27. The SMILES string of the molecule is C=NN(CC(N)=O)C(C)C. The average Bonchev–Trinajstić information content (AvgIpc) is 1.81. The van der Waals surface area contributed by atoms with Crippen LogP contribution in [0.15, 0.2) is 5.10 Å². The van der Waals surface area contributed by atoms with E-state index < -0.39 is 0 Å². The summed E-state index contributed by atoms with van der Waals surface area (Å²) in [5.74, 6) is -0.388. The summed E-state index contributed by atoms with van der Waals surface area (Å²) in [5, 5.41) is 5.14. The maximum Gasteiger partial charge on any atom is 0.238 e. The molecule has 0 saturated heterocycles. The molecule has 10 heavy (non-hydrogen) atoms. The van der Waals surface area contributed by atoms with Crippen LogP contribution in [-0.2, 0) is 4.79 Å². The maximum absolute atomic E-state index is 10.4. The molecule has 0 atom stereocenters. The van der Waals surface area contributed by atoms with Crippen LogP contribution in [0.4, 0.5) is 0 Å². The van der Waals surface area contributed by atoms with Crippen molar-refractivity contribution in [2.24, 2.45) is 10.8 Å². The molecule has 0 aromatic rings. The molecule has 58 valence electrons. The molecule has 0 radical (unpaired) electrons. The van der Waals surface area contributed by atoms with Crippen LogP contribution in [0.1, 0.15) is 13.8 Å². The lowest BCUT2D eigenvalue weighted by Gasteiger charge is -2.20. The molecule has 0 aliphatic heterocycles. The van der Waals surface area contributed by atoms with Crippen molar-refractivity contribution in [1.82, 2.24) is 5.01 Å². The summed E-state index contributed by atoms with van der Waals surface area (Å²) < 4.78 is 0. The standard InChI is InChI=1S/C6H13N3O/c1-5(2)9(8-3)4-6(7)10/h5H,3-4H2,1-2H3,(H2,7,10). The first-order valence-electron chi connectivity index (χ1n) is 3.09. The molecule has 0 spiro atoms. The third-order valence-corrected chi connectivity index (χ3v) is 1.10. The number of hydrogen-bond acceptors (Lipinski definition) is 3. The third kappa shape index (κ3) is 3.06. The minimum atomic E-state index is -0.388. The number of rotatable bonds is 4. The van der Waals surface area contributed by atoms with Gasteiger partial charge in [-0.1, -0.05) is 0 Å². The second kappa shape index (κ2) is 3.87. The van der Waals surface area contributed by atoms with Crippen LogP contribution in [0.25, 0.3) is 0 Å². The van der Waals surface area contributed by atoms with Gasteiger partial charge in [-0.05, 0) is 13.8 Å². The van der Waals surface area contributed by atoms with Crippen LogP contribution in [0.3, 0.4) is 0 Å². The highest BCUT2D eigenvalue weighted by atomic mass is 16.1. The topological polar surface area (TPSA) is 58.7 Å². The Morgan fingerprint density at radius 2 is 2.30 bits per heavy atom. The molecule has 4 heteroatoms. The van der Waals surface area contributed by atoms with E-state index in [1.165, 1.54) is 5.01 Å². The Balaban J connectivity index is 3.83. The molecule has 0 saturated carbocycles. The molecule has 0 rings (SSSR count). The summed E-state index contributed by atoms with van der Waals surface area (Å²) in [4.78, 5) is 10.4. The fourth-order valence-electron chi connectivity index (χ4n) is 0.556. The molecule has 0 unspecified atom stereocenters. The van der Waals surface area contributed by atoms with E-state index in [2.05, 4.69) is 11.8 Å². The van der Waals surface area contributed by atoms with Crippen LogP contribution in [0.2, 0.25) is 0 Å². The van der Waals surface area contributed by atoms with Gasteiger partial charge in [0.05, 0.1) is 0 Å². The summed E-state index contributed by atoms with van der Waals surface area (Å²) >= 11 is 0. The first-order chi connectivity index (χ1) is 4.57. The lowest BCUT2D eigenvalue weighted by Crippen LogP contribution is -2.34. The molecule has 0 aliphatic carbocycles. The highest BCUT2D eigenvalue weighted by molar-refractivity contribution is 5.75. The zero-order valence-electron chi connectivity index (χ0n) is 6.37. The normalized spacial score (nSPS) is 9.50. The minimum Gasteiger partial charge on any atom is -0.368 e. The predicted molar refractivity (Wildman–Crippen MR) is 40.6 cm³/mol. The van der Waals surface area contributed by atoms with E-state index in [1.54, 1.807) is 0 Å². The third-order valence-electron chi connectivity index (χ3n) is 1.10. The number of amides is 1. The zero-order chi connectivity index (χ0) is 8.15. The van der Waals surface area contributed by atoms with Gasteiger partial charge in [-0.3, -0.25) is 9.80 Å². The molecule has 4 nitrogen and oxygen atoms in total. The average molecular weight is 143 g/mol. The Hall–Kier alpha value is -1.06. The Bertz CT molecular complexity index is 133. The number of primary amides is 1. The number of hydrogen-bond donors (Lipinski definition) is 1. The fraction of sp³-hybridized carbons (Fsp3) is 0.667. The van der Waals surface area contributed by atoms with E-state index in [-0.39, 0.29) is 18.5 Å². The van der Waals surface area contributed by atoms with Gasteiger partial charge < -0.3 is 5.73 Å². The van der Waals surface area contributed by atoms with Crippen molar-refractivity contribution in [3.05, 3.63) is 0 Å². The lowest BCUT2D eigenvalue weighted by molar-refractivity contribution is -0.119. The molecule has 0 fully saturated rings. The highest BCUT2D eigenvalue weighted by Gasteiger charge is 2.06. The lowest BCUT2D eigenvalue weighted by atomic mass is 10.4. The van der Waals surface area contributed by atoms with Crippen molar-refractivity contribution in [2.75, 3.05) is 6.54 Å². The van der Waals surface area contributed by atoms with Crippen LogP contribution in [0, 0.1) is 0 Å². The highest BCUT2D eigenvalue weighted by Crippen LogP contribution is 1.95. The van der Waals surface area contributed by atoms with Crippen LogP contribution >= 0.6 is 0 Å². The van der Waals surface area contributed by atoms with E-state index >= 15 is 0 Å². The number of nitrogens with zero attached hydrogens (tertiary/aromatic N) is 2. The van der Waals surface area contributed by atoms with Crippen molar-refractivity contribution in [1.29, 1.82) is 0 Å². The van der Waals surface area contributed by atoms with Gasteiger partial charge in [0.15, 0.2) is 0 Å². The van der Waals surface area contributed by atoms with Gasteiger partial charge in [0.2, 0.25) is 5.91 Å². The molecule has 0 aromatic carbocycles. The number of hydrazone groups is 1. The summed E-state index contributed by atoms with van der Waals surface area (Å²) in [5.41, 5.74) is 4.94. The van der Waals surface area contributed by atoms with Crippen molar-refractivity contribution >= 4 is 12.6 Å². The number of carbonyl (C=O) groups is 1. The fourth-order valence-corrected chi connectivity index (χ4v) is 0.556. The van der Waals surface area contributed by atoms with Gasteiger partial charge in [-0.15, -0.1) is 0 Å². The first kappa shape index (κ1) is 8.94. The van der Waals surface area contributed by atoms with Crippen LogP contribution in [-0.4, -0.2) is 30.2 Å². The largest absolute Gasteiger partial charge is 0.368 e. The van der Waals surface area contributed by atoms with E-state index in [1.807, 2.05) is 13.8 Å².